The zero-order valence-corrected chi connectivity index (χ0v) is 35.8. The van der Waals surface area contributed by atoms with Crippen molar-refractivity contribution in [3.63, 3.8) is 0 Å². The van der Waals surface area contributed by atoms with Crippen molar-refractivity contribution in [2.24, 2.45) is 7.05 Å². The predicted molar refractivity (Wildman–Crippen MR) is 235 cm³/mol. The highest BCUT2D eigenvalue weighted by atomic mass is 35.5. The van der Waals surface area contributed by atoms with Crippen LogP contribution in [0.15, 0.2) is 113 Å². The molecule has 0 amide bonds. The zero-order valence-electron chi connectivity index (χ0n) is 31.8. The summed E-state index contributed by atoms with van der Waals surface area (Å²) in [5.41, 5.74) is 0.868. The van der Waals surface area contributed by atoms with Crippen LogP contribution in [0.3, 0.4) is 0 Å². The number of hydrogen-bond donors (Lipinski definition) is 3. The predicted octanol–water partition coefficient (Wildman–Crippen LogP) is 10.7. The lowest BCUT2D eigenvalue weighted by Gasteiger charge is -2.37. The SMILES string of the molecule is Cc1c(C(=O)O)c(-c2cc(Cl)cc(N3CCN(c4ccc(NSC5C=C(S(=O)(=O)C(F)(F)F)C(NSc6ccccc6)CC5)cc4)CC3)c2)c(-c2ccc(Cl)cc2)n1C. The number of aromatic nitrogens is 1. The van der Waals surface area contributed by atoms with Crippen molar-refractivity contribution >= 4 is 80.0 Å². The Morgan fingerprint density at radius 1 is 0.831 bits per heavy atom. The minimum atomic E-state index is -5.54. The molecule has 1 aliphatic heterocycles. The minimum Gasteiger partial charge on any atom is -0.478 e. The largest absolute Gasteiger partial charge is 0.501 e. The Bertz CT molecular complexity index is 2460. The third kappa shape index (κ3) is 9.40. The molecule has 17 heteroatoms. The number of halogens is 5. The first-order chi connectivity index (χ1) is 28.1. The van der Waals surface area contributed by atoms with Crippen molar-refractivity contribution in [1.82, 2.24) is 9.29 Å². The second-order valence-corrected chi connectivity index (χ2v) is 19.0. The van der Waals surface area contributed by atoms with Crippen LogP contribution in [0, 0.1) is 6.92 Å². The number of nitrogens with one attached hydrogen (secondary N) is 2. The summed E-state index contributed by atoms with van der Waals surface area (Å²) in [5.74, 6) is -1.03. The Morgan fingerprint density at radius 3 is 2.10 bits per heavy atom. The van der Waals surface area contributed by atoms with E-state index in [0.717, 1.165) is 45.2 Å². The second-order valence-electron chi connectivity index (χ2n) is 14.2. The lowest BCUT2D eigenvalue weighted by atomic mass is 9.96. The van der Waals surface area contributed by atoms with Gasteiger partial charge >= 0.3 is 11.5 Å². The van der Waals surface area contributed by atoms with Gasteiger partial charge in [0.15, 0.2) is 0 Å². The van der Waals surface area contributed by atoms with E-state index in [-0.39, 0.29) is 12.0 Å². The van der Waals surface area contributed by atoms with Crippen LogP contribution in [0.1, 0.15) is 28.9 Å². The van der Waals surface area contributed by atoms with Gasteiger partial charge in [-0.2, -0.15) is 13.2 Å². The summed E-state index contributed by atoms with van der Waals surface area (Å²) >= 11 is 15.2. The lowest BCUT2D eigenvalue weighted by Crippen LogP contribution is -2.46. The molecule has 0 saturated carbocycles. The summed E-state index contributed by atoms with van der Waals surface area (Å²) in [7, 11) is -3.69. The summed E-state index contributed by atoms with van der Waals surface area (Å²) in [6, 6.07) is 28.7. The molecular formula is C42H40Cl2F3N5O4S3. The first-order valence-corrected chi connectivity index (χ1v) is 22.6. The van der Waals surface area contributed by atoms with Gasteiger partial charge < -0.3 is 24.2 Å². The molecule has 1 aliphatic carbocycles. The molecule has 3 N–H and O–H groups in total. The number of aromatic carboxylic acids is 1. The van der Waals surface area contributed by atoms with Gasteiger partial charge in [0.1, 0.15) is 0 Å². The van der Waals surface area contributed by atoms with Gasteiger partial charge in [-0.1, -0.05) is 59.6 Å². The fourth-order valence-electron chi connectivity index (χ4n) is 7.40. The molecule has 0 radical (unpaired) electrons. The van der Waals surface area contributed by atoms with Gasteiger partial charge in [0.25, 0.3) is 9.84 Å². The maximum absolute atomic E-state index is 13.7. The molecule has 4 aromatic carbocycles. The van der Waals surface area contributed by atoms with Crippen molar-refractivity contribution in [1.29, 1.82) is 0 Å². The zero-order chi connectivity index (χ0) is 42.1. The first-order valence-electron chi connectivity index (χ1n) is 18.6. The third-order valence-corrected chi connectivity index (χ3v) is 14.6. The maximum atomic E-state index is 13.7. The Hall–Kier alpha value is -4.25. The third-order valence-electron chi connectivity index (χ3n) is 10.5. The molecule has 1 saturated heterocycles. The van der Waals surface area contributed by atoms with Gasteiger partial charge in [-0.15, -0.1) is 0 Å². The van der Waals surface area contributed by atoms with E-state index in [1.807, 2.05) is 66.2 Å². The molecule has 1 fully saturated rings. The molecule has 310 valence electrons. The Kier molecular flexibility index (Phi) is 12.9. The van der Waals surface area contributed by atoms with Crippen LogP contribution in [0.4, 0.5) is 30.2 Å². The number of hydrogen-bond acceptors (Lipinski definition) is 9. The summed E-state index contributed by atoms with van der Waals surface area (Å²) in [5, 5.41) is 10.9. The number of benzene rings is 4. The summed E-state index contributed by atoms with van der Waals surface area (Å²) in [6.45, 7) is 4.54. The van der Waals surface area contributed by atoms with Crippen molar-refractivity contribution in [2.75, 3.05) is 40.7 Å². The number of rotatable bonds is 12. The Balaban J connectivity index is 1.01. The molecule has 0 spiro atoms. The van der Waals surface area contributed by atoms with Crippen molar-refractivity contribution in [2.45, 2.75) is 41.5 Å². The van der Waals surface area contributed by atoms with Gasteiger partial charge in [0, 0.05) is 81.7 Å². The van der Waals surface area contributed by atoms with Crippen LogP contribution < -0.4 is 19.2 Å². The molecule has 2 unspecified atom stereocenters. The van der Waals surface area contributed by atoms with Crippen molar-refractivity contribution in [3.05, 3.63) is 129 Å². The number of carbonyl (C=O) groups is 1. The highest BCUT2D eigenvalue weighted by Gasteiger charge is 2.51. The monoisotopic (exact) mass is 901 g/mol. The number of carboxylic acids is 1. The number of sulfone groups is 1. The Morgan fingerprint density at radius 2 is 1.47 bits per heavy atom. The van der Waals surface area contributed by atoms with Crippen molar-refractivity contribution in [3.8, 4) is 22.4 Å². The molecule has 59 heavy (non-hydrogen) atoms. The Labute approximate surface area is 359 Å². The molecule has 7 rings (SSSR count). The van der Waals surface area contributed by atoms with E-state index in [9.17, 15) is 31.5 Å². The smallest absolute Gasteiger partial charge is 0.478 e. The molecule has 1 aromatic heterocycles. The highest BCUT2D eigenvalue weighted by Crippen LogP contribution is 2.42. The minimum absolute atomic E-state index is 0.209. The summed E-state index contributed by atoms with van der Waals surface area (Å²) in [4.78, 5) is 17.2. The van der Waals surface area contributed by atoms with E-state index < -0.39 is 37.5 Å². The molecule has 5 aromatic rings. The molecule has 2 heterocycles. The summed E-state index contributed by atoms with van der Waals surface area (Å²) < 4.78 is 74.5. The van der Waals surface area contributed by atoms with Gasteiger partial charge in [0.05, 0.1) is 22.2 Å². The number of alkyl halides is 3. The van der Waals surface area contributed by atoms with E-state index in [2.05, 4.69) is 19.2 Å². The number of piperazine rings is 1. The topological polar surface area (TPSA) is 107 Å². The van der Waals surface area contributed by atoms with E-state index in [1.54, 1.807) is 49.4 Å². The average Bonchev–Trinajstić information content (AvgIpc) is 3.49. The van der Waals surface area contributed by atoms with Gasteiger partial charge in [-0.05, 0) is 122 Å². The van der Waals surface area contributed by atoms with Crippen LogP contribution in [0.5, 0.6) is 0 Å². The van der Waals surface area contributed by atoms with E-state index >= 15 is 0 Å². The van der Waals surface area contributed by atoms with Gasteiger partial charge in [-0.25, -0.2) is 13.2 Å². The summed E-state index contributed by atoms with van der Waals surface area (Å²) in [6.07, 6.45) is 1.89. The van der Waals surface area contributed by atoms with Crippen LogP contribution >= 0.6 is 47.1 Å². The van der Waals surface area contributed by atoms with Crippen molar-refractivity contribution < 1.29 is 31.5 Å². The van der Waals surface area contributed by atoms with Gasteiger partial charge in [0.2, 0.25) is 0 Å². The number of anilines is 3. The van der Waals surface area contributed by atoms with Crippen LogP contribution in [0.2, 0.25) is 10.0 Å². The van der Waals surface area contributed by atoms with E-state index in [1.165, 1.54) is 18.0 Å². The van der Waals surface area contributed by atoms with Crippen LogP contribution in [0.25, 0.3) is 22.4 Å². The second kappa shape index (κ2) is 17.8. The van der Waals surface area contributed by atoms with E-state index in [0.29, 0.717) is 59.5 Å². The number of carboxylic acid groups (broad SMARTS) is 1. The number of nitrogens with zero attached hydrogens (tertiary/aromatic N) is 3. The van der Waals surface area contributed by atoms with Crippen LogP contribution in [-0.2, 0) is 16.9 Å². The maximum Gasteiger partial charge on any atom is 0.501 e. The fraction of sp³-hybridized carbons (Fsp3) is 0.262. The molecule has 9 nitrogen and oxygen atoms in total. The van der Waals surface area contributed by atoms with Gasteiger partial charge in [-0.3, -0.25) is 4.72 Å². The lowest BCUT2D eigenvalue weighted by molar-refractivity contribution is -0.0428. The fourth-order valence-corrected chi connectivity index (χ4v) is 10.8. The van der Waals surface area contributed by atoms with Crippen LogP contribution in [-0.4, -0.2) is 67.0 Å². The average molecular weight is 903 g/mol. The highest BCUT2D eigenvalue weighted by molar-refractivity contribution is 8.01. The first kappa shape index (κ1) is 42.9. The normalized spacial score (nSPS) is 17.5. The molecule has 2 atom stereocenters. The van der Waals surface area contributed by atoms with E-state index in [4.69, 9.17) is 23.2 Å². The molecule has 2 aliphatic rings. The molecular weight excluding hydrogens is 863 g/mol. The quantitative estimate of drug-likeness (QED) is 0.105. The molecule has 0 bridgehead atoms. The standard InChI is InChI=1S/C42H40Cl2F3N5O4S3/c1-26-38(41(53)54)39(40(50(26)2)27-8-10-29(43)11-9-27)28-22-30(44)24-33(23-28)52-20-18-51(19-21-52)32-14-12-31(13-15-32)48-58-35-16-17-36(49-57-34-6-4-3-5-7-34)37(25-35)59(55,56)42(45,46)47/h3-15,22-25,35-36,48-49H,16-21H2,1-2H3,(H,53,54).